The van der Waals surface area contributed by atoms with E-state index in [0.29, 0.717) is 11.1 Å². The molecule has 0 aliphatic rings. The molecule has 0 amide bonds. The van der Waals surface area contributed by atoms with Crippen LogP contribution in [0, 0.1) is 22.7 Å². The van der Waals surface area contributed by atoms with E-state index in [4.69, 9.17) is 0 Å². The van der Waals surface area contributed by atoms with E-state index < -0.39 is 0 Å². The fourth-order valence-electron chi connectivity index (χ4n) is 5.42. The molecule has 0 unspecified atom stereocenters. The van der Waals surface area contributed by atoms with Gasteiger partial charge in [0, 0.05) is 17.1 Å². The molecule has 42 heavy (non-hydrogen) atoms. The number of hydrogen-bond acceptors (Lipinski definition) is 3. The highest BCUT2D eigenvalue weighted by atomic mass is 15.1. The maximum Gasteiger partial charge on any atom is 0.241 e. The van der Waals surface area contributed by atoms with Crippen molar-refractivity contribution >= 4 is 40.2 Å². The van der Waals surface area contributed by atoms with Crippen LogP contribution in [-0.2, 0) is 0 Å². The maximum atomic E-state index is 9.49. The number of rotatable bonds is 7. The molecule has 6 aromatic rings. The minimum atomic E-state index is 0.0273. The predicted octanol–water partition coefficient (Wildman–Crippen LogP) is 7.08. The molecule has 0 aliphatic heterocycles. The van der Waals surface area contributed by atoms with Gasteiger partial charge in [-0.2, -0.15) is 10.5 Å². The molecule has 0 heterocycles. The first kappa shape index (κ1) is 26.4. The molecule has 0 radical (unpaired) electrons. The molecule has 6 rings (SSSR count). The minimum Gasteiger partial charge on any atom is -0.310 e. The monoisotopic (exact) mass is 535 g/mol. The van der Waals surface area contributed by atoms with Crippen LogP contribution in [-0.4, -0.2) is 6.71 Å². The number of anilines is 3. The number of nitriles is 2. The fraction of sp³-hybridized carbons (Fsp3) is 0. The summed E-state index contributed by atoms with van der Waals surface area (Å²) < 4.78 is 0. The van der Waals surface area contributed by atoms with Crippen molar-refractivity contribution < 1.29 is 0 Å². The van der Waals surface area contributed by atoms with Crippen LogP contribution >= 0.6 is 0 Å². The molecule has 0 saturated heterocycles. The van der Waals surface area contributed by atoms with Gasteiger partial charge in [0.05, 0.1) is 23.3 Å². The lowest BCUT2D eigenvalue weighted by molar-refractivity contribution is 1.28. The van der Waals surface area contributed by atoms with Crippen molar-refractivity contribution in [1.29, 1.82) is 10.5 Å². The quantitative estimate of drug-likeness (QED) is 0.205. The lowest BCUT2D eigenvalue weighted by atomic mass is 9.37. The second-order valence-electron chi connectivity index (χ2n) is 10.1. The third-order valence-corrected chi connectivity index (χ3v) is 7.43. The SMILES string of the molecule is N#Cc1cccc(B(c2ccccc2)c2ccc(-c3ccc(N(c4ccccc4)c4cccc(C#N)c4)cc3)cc2)c1. The summed E-state index contributed by atoms with van der Waals surface area (Å²) in [5.74, 6) is 0. The van der Waals surface area contributed by atoms with Gasteiger partial charge in [-0.1, -0.05) is 120 Å². The van der Waals surface area contributed by atoms with Crippen LogP contribution in [0.25, 0.3) is 11.1 Å². The van der Waals surface area contributed by atoms with Crippen molar-refractivity contribution in [2.45, 2.75) is 0 Å². The summed E-state index contributed by atoms with van der Waals surface area (Å²) in [5.41, 5.74) is 9.95. The van der Waals surface area contributed by atoms with Crippen molar-refractivity contribution in [3.63, 3.8) is 0 Å². The van der Waals surface area contributed by atoms with Gasteiger partial charge in [-0.25, -0.2) is 0 Å². The van der Waals surface area contributed by atoms with Gasteiger partial charge in [0.1, 0.15) is 0 Å². The highest BCUT2D eigenvalue weighted by Gasteiger charge is 2.22. The molecule has 0 aliphatic carbocycles. The normalized spacial score (nSPS) is 10.3. The number of para-hydroxylation sites is 1. The van der Waals surface area contributed by atoms with Gasteiger partial charge in [-0.3, -0.25) is 0 Å². The van der Waals surface area contributed by atoms with Crippen LogP contribution < -0.4 is 21.3 Å². The molecule has 0 N–H and O–H groups in total. The molecule has 0 bridgehead atoms. The van der Waals surface area contributed by atoms with E-state index in [1.165, 1.54) is 10.9 Å². The first-order valence-electron chi connectivity index (χ1n) is 13.8. The second kappa shape index (κ2) is 12.1. The Morgan fingerprint density at radius 3 is 1.52 bits per heavy atom. The van der Waals surface area contributed by atoms with Gasteiger partial charge in [-0.15, -0.1) is 0 Å². The van der Waals surface area contributed by atoms with Crippen molar-refractivity contribution in [1.82, 2.24) is 0 Å². The minimum absolute atomic E-state index is 0.0273. The van der Waals surface area contributed by atoms with Gasteiger partial charge in [0.25, 0.3) is 0 Å². The first-order valence-corrected chi connectivity index (χ1v) is 13.8. The van der Waals surface area contributed by atoms with Crippen LogP contribution in [0.4, 0.5) is 17.1 Å². The van der Waals surface area contributed by atoms with Crippen LogP contribution in [0.3, 0.4) is 0 Å². The van der Waals surface area contributed by atoms with E-state index in [1.807, 2.05) is 66.7 Å². The van der Waals surface area contributed by atoms with Crippen molar-refractivity contribution in [3.05, 3.63) is 169 Å². The van der Waals surface area contributed by atoms with E-state index in [2.05, 4.69) is 108 Å². The average Bonchev–Trinajstić information content (AvgIpc) is 3.07. The summed E-state index contributed by atoms with van der Waals surface area (Å²) in [7, 11) is 0. The first-order chi connectivity index (χ1) is 20.7. The molecule has 0 fully saturated rings. The van der Waals surface area contributed by atoms with E-state index in [0.717, 1.165) is 33.7 Å². The van der Waals surface area contributed by atoms with Crippen molar-refractivity contribution in [2.24, 2.45) is 0 Å². The summed E-state index contributed by atoms with van der Waals surface area (Å²) in [5, 5.41) is 19.0. The van der Waals surface area contributed by atoms with Gasteiger partial charge >= 0.3 is 0 Å². The van der Waals surface area contributed by atoms with E-state index in [9.17, 15) is 10.5 Å². The van der Waals surface area contributed by atoms with E-state index in [1.54, 1.807) is 0 Å². The molecule has 3 nitrogen and oxygen atoms in total. The molecule has 0 spiro atoms. The second-order valence-corrected chi connectivity index (χ2v) is 10.1. The summed E-state index contributed by atoms with van der Waals surface area (Å²) in [6.07, 6.45) is 0. The maximum absolute atomic E-state index is 9.49. The van der Waals surface area contributed by atoms with Crippen molar-refractivity contribution in [2.75, 3.05) is 4.90 Å². The zero-order valence-electron chi connectivity index (χ0n) is 22.9. The highest BCUT2D eigenvalue weighted by molar-refractivity contribution is 6.95. The molecule has 4 heteroatoms. The fourth-order valence-corrected chi connectivity index (χ4v) is 5.42. The summed E-state index contributed by atoms with van der Waals surface area (Å²) in [6, 6.07) is 57.9. The Bertz CT molecular complexity index is 1740. The molecular formula is C38H26BN3. The molecule has 0 saturated carbocycles. The topological polar surface area (TPSA) is 50.8 Å². The Balaban J connectivity index is 1.33. The third-order valence-electron chi connectivity index (χ3n) is 7.43. The van der Waals surface area contributed by atoms with Gasteiger partial charge in [0.2, 0.25) is 6.71 Å². The van der Waals surface area contributed by atoms with Crippen LogP contribution in [0.2, 0.25) is 0 Å². The predicted molar refractivity (Wildman–Crippen MR) is 174 cm³/mol. The molecule has 0 aromatic heterocycles. The lowest BCUT2D eigenvalue weighted by Gasteiger charge is -2.25. The van der Waals surface area contributed by atoms with Crippen molar-refractivity contribution in [3.8, 4) is 23.3 Å². The van der Waals surface area contributed by atoms with Gasteiger partial charge in [0.15, 0.2) is 0 Å². The lowest BCUT2D eigenvalue weighted by Crippen LogP contribution is -2.51. The molecule has 0 atom stereocenters. The average molecular weight is 535 g/mol. The molecular weight excluding hydrogens is 509 g/mol. The standard InChI is InChI=1S/C38H26BN3/c40-27-29-9-7-13-35(25-29)39(33-11-3-1-4-12-33)34-21-17-31(18-22-34)32-19-23-37(24-20-32)42(36-14-5-2-6-15-36)38-16-8-10-30(26-38)28-41/h1-26H. The highest BCUT2D eigenvalue weighted by Crippen LogP contribution is 2.35. The van der Waals surface area contributed by atoms with Crippen LogP contribution in [0.5, 0.6) is 0 Å². The van der Waals surface area contributed by atoms with Gasteiger partial charge < -0.3 is 4.90 Å². The molecule has 196 valence electrons. The number of hydrogen-bond donors (Lipinski definition) is 0. The Morgan fingerprint density at radius 2 is 0.881 bits per heavy atom. The number of benzene rings is 6. The Morgan fingerprint density at radius 1 is 0.405 bits per heavy atom. The largest absolute Gasteiger partial charge is 0.310 e. The summed E-state index contributed by atoms with van der Waals surface area (Å²) >= 11 is 0. The Kier molecular flexibility index (Phi) is 7.62. The smallest absolute Gasteiger partial charge is 0.241 e. The zero-order chi connectivity index (χ0) is 28.7. The van der Waals surface area contributed by atoms with Crippen LogP contribution in [0.1, 0.15) is 11.1 Å². The Labute approximate surface area is 247 Å². The van der Waals surface area contributed by atoms with Crippen LogP contribution in [0.15, 0.2) is 158 Å². The third kappa shape index (κ3) is 5.57. The van der Waals surface area contributed by atoms with Gasteiger partial charge in [-0.05, 0) is 65.7 Å². The summed E-state index contributed by atoms with van der Waals surface area (Å²) in [4.78, 5) is 2.16. The summed E-state index contributed by atoms with van der Waals surface area (Å²) in [6.45, 7) is 0.0273. The Hall–Kier alpha value is -5.84. The molecule has 6 aromatic carbocycles. The zero-order valence-corrected chi connectivity index (χ0v) is 22.9. The number of nitrogens with zero attached hydrogens (tertiary/aromatic N) is 3. The van der Waals surface area contributed by atoms with E-state index in [-0.39, 0.29) is 6.71 Å². The van der Waals surface area contributed by atoms with E-state index >= 15 is 0 Å².